The SMILES string of the molecule is CCOC(=O)Cc1csc(NC(=O)c2nc(C)sc2C(C)C)n1. The van der Waals surface area contributed by atoms with Gasteiger partial charge >= 0.3 is 5.97 Å². The second kappa shape index (κ2) is 7.65. The van der Waals surface area contributed by atoms with Crippen LogP contribution < -0.4 is 5.32 Å². The van der Waals surface area contributed by atoms with Crippen LogP contribution in [0.5, 0.6) is 0 Å². The summed E-state index contributed by atoms with van der Waals surface area (Å²) in [5.41, 5.74) is 1.03. The van der Waals surface area contributed by atoms with E-state index < -0.39 is 0 Å². The number of aromatic nitrogens is 2. The predicted molar refractivity (Wildman–Crippen MR) is 91.3 cm³/mol. The number of amides is 1. The standard InChI is InChI=1S/C15H19N3O3S2/c1-5-21-11(19)6-10-7-22-15(17-10)18-14(20)12-13(8(2)3)23-9(4)16-12/h7-8H,5-6H2,1-4H3,(H,17,18,20). The van der Waals surface area contributed by atoms with Gasteiger partial charge in [0, 0.05) is 10.3 Å². The molecule has 0 bridgehead atoms. The van der Waals surface area contributed by atoms with Crippen LogP contribution in [0.15, 0.2) is 5.38 Å². The minimum atomic E-state index is -0.326. The van der Waals surface area contributed by atoms with Crippen molar-refractivity contribution in [3.8, 4) is 0 Å². The van der Waals surface area contributed by atoms with E-state index in [4.69, 9.17) is 4.74 Å². The van der Waals surface area contributed by atoms with Crippen molar-refractivity contribution in [1.29, 1.82) is 0 Å². The number of hydrogen-bond acceptors (Lipinski definition) is 7. The van der Waals surface area contributed by atoms with Gasteiger partial charge in [0.1, 0.15) is 5.69 Å². The molecule has 23 heavy (non-hydrogen) atoms. The van der Waals surface area contributed by atoms with Crippen LogP contribution in [-0.4, -0.2) is 28.5 Å². The second-order valence-electron chi connectivity index (χ2n) is 5.18. The van der Waals surface area contributed by atoms with Gasteiger partial charge in [-0.1, -0.05) is 13.8 Å². The van der Waals surface area contributed by atoms with E-state index in [1.54, 1.807) is 12.3 Å². The van der Waals surface area contributed by atoms with Gasteiger partial charge in [-0.25, -0.2) is 9.97 Å². The molecule has 2 heterocycles. The van der Waals surface area contributed by atoms with Crippen molar-refractivity contribution in [2.45, 2.75) is 40.0 Å². The van der Waals surface area contributed by atoms with Gasteiger partial charge in [-0.2, -0.15) is 0 Å². The zero-order chi connectivity index (χ0) is 17.0. The number of esters is 1. The summed E-state index contributed by atoms with van der Waals surface area (Å²) in [6, 6.07) is 0. The number of ether oxygens (including phenoxy) is 1. The average Bonchev–Trinajstić information content (AvgIpc) is 3.05. The monoisotopic (exact) mass is 353 g/mol. The molecule has 0 unspecified atom stereocenters. The summed E-state index contributed by atoms with van der Waals surface area (Å²) >= 11 is 2.81. The molecular formula is C15H19N3O3S2. The molecule has 0 radical (unpaired) electrons. The third-order valence-electron chi connectivity index (χ3n) is 2.90. The molecule has 2 aromatic heterocycles. The van der Waals surface area contributed by atoms with Gasteiger partial charge in [-0.3, -0.25) is 14.9 Å². The Morgan fingerprint density at radius 1 is 1.35 bits per heavy atom. The molecule has 124 valence electrons. The summed E-state index contributed by atoms with van der Waals surface area (Å²) in [6.45, 7) is 8.05. The molecule has 8 heteroatoms. The zero-order valence-corrected chi connectivity index (χ0v) is 15.1. The average molecular weight is 353 g/mol. The Morgan fingerprint density at radius 2 is 2.09 bits per heavy atom. The smallest absolute Gasteiger partial charge is 0.311 e. The number of carbonyl (C=O) groups excluding carboxylic acids is 2. The summed E-state index contributed by atoms with van der Waals surface area (Å²) in [5, 5.41) is 5.81. The lowest BCUT2D eigenvalue weighted by Gasteiger charge is -2.04. The predicted octanol–water partition coefficient (Wildman–Crippen LogP) is 3.39. The van der Waals surface area contributed by atoms with E-state index in [0.29, 0.717) is 23.1 Å². The van der Waals surface area contributed by atoms with E-state index in [1.807, 2.05) is 20.8 Å². The number of hydrogen-bond donors (Lipinski definition) is 1. The fourth-order valence-electron chi connectivity index (χ4n) is 1.96. The van der Waals surface area contributed by atoms with Crippen LogP contribution in [0.3, 0.4) is 0 Å². The maximum Gasteiger partial charge on any atom is 0.311 e. The van der Waals surface area contributed by atoms with Crippen LogP contribution >= 0.6 is 22.7 Å². The lowest BCUT2D eigenvalue weighted by molar-refractivity contribution is -0.142. The van der Waals surface area contributed by atoms with Crippen molar-refractivity contribution in [3.05, 3.63) is 26.7 Å². The first-order chi connectivity index (χ1) is 10.9. The highest BCUT2D eigenvalue weighted by atomic mass is 32.1. The number of anilines is 1. The number of aryl methyl sites for hydroxylation is 1. The summed E-state index contributed by atoms with van der Waals surface area (Å²) in [4.78, 5) is 33.3. The summed E-state index contributed by atoms with van der Waals surface area (Å²) in [7, 11) is 0. The van der Waals surface area contributed by atoms with Gasteiger partial charge in [0.05, 0.1) is 23.7 Å². The Bertz CT molecular complexity index is 707. The van der Waals surface area contributed by atoms with Gasteiger partial charge in [0.2, 0.25) is 0 Å². The van der Waals surface area contributed by atoms with Gasteiger partial charge in [0.25, 0.3) is 5.91 Å². The van der Waals surface area contributed by atoms with E-state index in [0.717, 1.165) is 9.88 Å². The lowest BCUT2D eigenvalue weighted by atomic mass is 10.1. The first kappa shape index (κ1) is 17.6. The number of nitrogens with one attached hydrogen (secondary N) is 1. The number of carbonyl (C=O) groups is 2. The maximum absolute atomic E-state index is 12.4. The van der Waals surface area contributed by atoms with Crippen molar-refractivity contribution in [1.82, 2.24) is 9.97 Å². The van der Waals surface area contributed by atoms with Crippen molar-refractivity contribution < 1.29 is 14.3 Å². The Labute approximate surface area is 142 Å². The van der Waals surface area contributed by atoms with E-state index in [9.17, 15) is 9.59 Å². The van der Waals surface area contributed by atoms with Crippen molar-refractivity contribution in [2.75, 3.05) is 11.9 Å². The van der Waals surface area contributed by atoms with E-state index >= 15 is 0 Å². The molecule has 0 saturated carbocycles. The topological polar surface area (TPSA) is 81.2 Å². The molecule has 0 atom stereocenters. The summed E-state index contributed by atoms with van der Waals surface area (Å²) < 4.78 is 4.88. The minimum absolute atomic E-state index is 0.104. The van der Waals surface area contributed by atoms with Crippen LogP contribution in [0.2, 0.25) is 0 Å². The fourth-order valence-corrected chi connectivity index (χ4v) is 3.59. The van der Waals surface area contributed by atoms with Gasteiger partial charge in [-0.15, -0.1) is 22.7 Å². The first-order valence-electron chi connectivity index (χ1n) is 7.29. The Hall–Kier alpha value is -1.80. The quantitative estimate of drug-likeness (QED) is 0.805. The van der Waals surface area contributed by atoms with Crippen molar-refractivity contribution in [3.63, 3.8) is 0 Å². The maximum atomic E-state index is 12.4. The van der Waals surface area contributed by atoms with Crippen LogP contribution in [0.4, 0.5) is 5.13 Å². The highest BCUT2D eigenvalue weighted by molar-refractivity contribution is 7.14. The third kappa shape index (κ3) is 4.59. The van der Waals surface area contributed by atoms with E-state index in [1.165, 1.54) is 22.7 Å². The van der Waals surface area contributed by atoms with Gasteiger partial charge in [-0.05, 0) is 19.8 Å². The van der Waals surface area contributed by atoms with Crippen LogP contribution in [0.25, 0.3) is 0 Å². The van der Waals surface area contributed by atoms with Crippen molar-refractivity contribution >= 4 is 39.7 Å². The molecule has 0 aliphatic rings. The van der Waals surface area contributed by atoms with E-state index in [2.05, 4.69) is 15.3 Å². The highest BCUT2D eigenvalue weighted by Gasteiger charge is 2.20. The Balaban J connectivity index is 2.06. The third-order valence-corrected chi connectivity index (χ3v) is 4.98. The fraction of sp³-hybridized carbons (Fsp3) is 0.467. The molecule has 2 rings (SSSR count). The number of thiazole rings is 2. The second-order valence-corrected chi connectivity index (χ2v) is 7.27. The molecule has 0 aliphatic heterocycles. The Morgan fingerprint density at radius 3 is 2.74 bits per heavy atom. The number of rotatable bonds is 6. The van der Waals surface area contributed by atoms with Crippen LogP contribution in [0.1, 0.15) is 52.8 Å². The first-order valence-corrected chi connectivity index (χ1v) is 8.99. The van der Waals surface area contributed by atoms with Gasteiger partial charge in [0.15, 0.2) is 5.13 Å². The number of nitrogens with zero attached hydrogens (tertiary/aromatic N) is 2. The zero-order valence-electron chi connectivity index (χ0n) is 13.5. The van der Waals surface area contributed by atoms with Crippen molar-refractivity contribution in [2.24, 2.45) is 0 Å². The largest absolute Gasteiger partial charge is 0.466 e. The molecule has 0 aromatic carbocycles. The van der Waals surface area contributed by atoms with Crippen LogP contribution in [-0.2, 0) is 16.0 Å². The molecule has 0 spiro atoms. The summed E-state index contributed by atoms with van der Waals surface area (Å²) in [5.74, 6) is -0.361. The summed E-state index contributed by atoms with van der Waals surface area (Å²) in [6.07, 6.45) is 0.104. The molecule has 1 amide bonds. The molecular weight excluding hydrogens is 334 g/mol. The molecule has 6 nitrogen and oxygen atoms in total. The highest BCUT2D eigenvalue weighted by Crippen LogP contribution is 2.27. The lowest BCUT2D eigenvalue weighted by Crippen LogP contribution is -2.15. The molecule has 0 fully saturated rings. The molecule has 0 aliphatic carbocycles. The molecule has 0 saturated heterocycles. The van der Waals surface area contributed by atoms with Crippen LogP contribution in [0, 0.1) is 6.92 Å². The minimum Gasteiger partial charge on any atom is -0.466 e. The van der Waals surface area contributed by atoms with Gasteiger partial charge < -0.3 is 4.74 Å². The normalized spacial score (nSPS) is 10.8. The molecule has 1 N–H and O–H groups in total. The Kier molecular flexibility index (Phi) is 5.84. The molecule has 2 aromatic rings. The van der Waals surface area contributed by atoms with E-state index in [-0.39, 0.29) is 24.2 Å².